The first-order valence-electron chi connectivity index (χ1n) is 7.15. The van der Waals surface area contributed by atoms with Crippen LogP contribution in [-0.4, -0.2) is 35.6 Å². The number of likely N-dealkylation sites (tertiary alicyclic amines) is 1. The number of carbonyl (C=O) groups is 1. The van der Waals surface area contributed by atoms with Crippen molar-refractivity contribution in [1.82, 2.24) is 4.90 Å². The Kier molecular flexibility index (Phi) is 4.99. The highest BCUT2D eigenvalue weighted by molar-refractivity contribution is 7.14. The minimum absolute atomic E-state index is 0.177. The van der Waals surface area contributed by atoms with E-state index in [1.807, 2.05) is 4.90 Å². The molecule has 1 unspecified atom stereocenters. The van der Waals surface area contributed by atoms with Crippen LogP contribution in [-0.2, 0) is 6.42 Å². The topological polar surface area (TPSA) is 40.5 Å². The fraction of sp³-hybridized carbons (Fsp3) is 0.667. The summed E-state index contributed by atoms with van der Waals surface area (Å²) in [6, 6.07) is 2.07. The fourth-order valence-electron chi connectivity index (χ4n) is 2.73. The number of amides is 1. The zero-order valence-corrected chi connectivity index (χ0v) is 12.6. The molecule has 0 spiro atoms. The van der Waals surface area contributed by atoms with Gasteiger partial charge < -0.3 is 10.0 Å². The van der Waals surface area contributed by atoms with E-state index in [9.17, 15) is 4.79 Å². The molecule has 106 valence electrons. The highest BCUT2D eigenvalue weighted by Crippen LogP contribution is 2.27. The van der Waals surface area contributed by atoms with E-state index < -0.39 is 0 Å². The lowest BCUT2D eigenvalue weighted by Gasteiger charge is -2.15. The minimum Gasteiger partial charge on any atom is -0.396 e. The molecule has 1 aromatic heterocycles. The van der Waals surface area contributed by atoms with Gasteiger partial charge in [-0.15, -0.1) is 11.3 Å². The van der Waals surface area contributed by atoms with E-state index in [0.29, 0.717) is 5.92 Å². The van der Waals surface area contributed by atoms with Gasteiger partial charge in [0, 0.05) is 24.6 Å². The molecule has 1 amide bonds. The second-order valence-corrected chi connectivity index (χ2v) is 6.62. The summed E-state index contributed by atoms with van der Waals surface area (Å²) in [7, 11) is 0. The maximum atomic E-state index is 12.4. The first-order chi connectivity index (χ1) is 9.15. The number of aliphatic hydroxyl groups excluding tert-OH is 1. The lowest BCUT2D eigenvalue weighted by Crippen LogP contribution is -2.28. The highest BCUT2D eigenvalue weighted by Gasteiger charge is 2.27. The predicted molar refractivity (Wildman–Crippen MR) is 78.8 cm³/mol. The maximum absolute atomic E-state index is 12.4. The van der Waals surface area contributed by atoms with Crippen LogP contribution in [0.5, 0.6) is 0 Å². The van der Waals surface area contributed by atoms with Gasteiger partial charge in [-0.25, -0.2) is 0 Å². The summed E-state index contributed by atoms with van der Waals surface area (Å²) in [6.45, 7) is 6.14. The highest BCUT2D eigenvalue weighted by atomic mass is 32.1. The predicted octanol–water partition coefficient (Wildman–Crippen LogP) is 2.85. The summed E-state index contributed by atoms with van der Waals surface area (Å²) in [4.78, 5) is 16.5. The third-order valence-corrected chi connectivity index (χ3v) is 4.94. The molecule has 1 saturated heterocycles. The van der Waals surface area contributed by atoms with Crippen molar-refractivity contribution in [2.24, 2.45) is 5.92 Å². The number of thiophene rings is 1. The summed E-state index contributed by atoms with van der Waals surface area (Å²) in [6.07, 6.45) is 4.02. The number of aliphatic hydroxyl groups is 1. The smallest absolute Gasteiger partial charge is 0.263 e. The van der Waals surface area contributed by atoms with Gasteiger partial charge in [-0.05, 0) is 43.7 Å². The number of carbonyl (C=O) groups excluding carboxylic acids is 1. The van der Waals surface area contributed by atoms with Crippen molar-refractivity contribution in [1.29, 1.82) is 0 Å². The Morgan fingerprint density at radius 2 is 2.37 bits per heavy atom. The molecule has 3 nitrogen and oxygen atoms in total. The fourth-order valence-corrected chi connectivity index (χ4v) is 3.77. The van der Waals surface area contributed by atoms with Gasteiger partial charge in [-0.3, -0.25) is 4.79 Å². The van der Waals surface area contributed by atoms with Crippen molar-refractivity contribution in [2.45, 2.75) is 39.5 Å². The average molecular weight is 281 g/mol. The summed E-state index contributed by atoms with van der Waals surface area (Å²) >= 11 is 1.62. The molecule has 0 radical (unpaired) electrons. The van der Waals surface area contributed by atoms with Gasteiger partial charge in [0.2, 0.25) is 0 Å². The van der Waals surface area contributed by atoms with Crippen LogP contribution in [0, 0.1) is 12.8 Å². The SMILES string of the molecule is CCCc1cc(C(=O)N2CCC(CCO)C2)sc1C. The lowest BCUT2D eigenvalue weighted by molar-refractivity contribution is 0.0789. The van der Waals surface area contributed by atoms with E-state index in [4.69, 9.17) is 5.11 Å². The van der Waals surface area contributed by atoms with Crippen LogP contribution in [0.4, 0.5) is 0 Å². The summed E-state index contributed by atoms with van der Waals surface area (Å²) in [5.74, 6) is 0.654. The third kappa shape index (κ3) is 3.37. The molecule has 4 heteroatoms. The Bertz CT molecular complexity index is 441. The van der Waals surface area contributed by atoms with Crippen molar-refractivity contribution >= 4 is 17.2 Å². The van der Waals surface area contributed by atoms with Gasteiger partial charge in [0.1, 0.15) is 0 Å². The van der Waals surface area contributed by atoms with Gasteiger partial charge in [-0.2, -0.15) is 0 Å². The molecule has 0 aliphatic carbocycles. The van der Waals surface area contributed by atoms with Crippen LogP contribution in [0.3, 0.4) is 0 Å². The van der Waals surface area contributed by atoms with Crippen molar-refractivity contribution in [3.05, 3.63) is 21.4 Å². The minimum atomic E-state index is 0.177. The normalized spacial score (nSPS) is 19.1. The molecule has 1 N–H and O–H groups in total. The second kappa shape index (κ2) is 6.53. The number of hydrogen-bond donors (Lipinski definition) is 1. The van der Waals surface area contributed by atoms with Crippen LogP contribution in [0.25, 0.3) is 0 Å². The van der Waals surface area contributed by atoms with Crippen LogP contribution in [0.1, 0.15) is 46.3 Å². The monoisotopic (exact) mass is 281 g/mol. The van der Waals surface area contributed by atoms with Gasteiger partial charge in [0.25, 0.3) is 5.91 Å². The van der Waals surface area contributed by atoms with Crippen LogP contribution >= 0.6 is 11.3 Å². The standard InChI is InChI=1S/C15H23NO2S/c1-3-4-13-9-14(19-11(13)2)15(18)16-7-5-12(10-16)6-8-17/h9,12,17H,3-8,10H2,1-2H3. The third-order valence-electron chi connectivity index (χ3n) is 3.86. The molecule has 1 fully saturated rings. The molecule has 1 atom stereocenters. The maximum Gasteiger partial charge on any atom is 0.263 e. The summed E-state index contributed by atoms with van der Waals surface area (Å²) < 4.78 is 0. The van der Waals surface area contributed by atoms with Crippen molar-refractivity contribution in [3.63, 3.8) is 0 Å². The first-order valence-corrected chi connectivity index (χ1v) is 7.96. The van der Waals surface area contributed by atoms with Gasteiger partial charge >= 0.3 is 0 Å². The second-order valence-electron chi connectivity index (χ2n) is 5.36. The molecule has 0 saturated carbocycles. The van der Waals surface area contributed by atoms with E-state index in [-0.39, 0.29) is 12.5 Å². The zero-order valence-electron chi connectivity index (χ0n) is 11.8. The molecule has 1 aromatic rings. The lowest BCUT2D eigenvalue weighted by atomic mass is 10.1. The Hall–Kier alpha value is -0.870. The molecule has 1 aliphatic heterocycles. The molecule has 2 rings (SSSR count). The van der Waals surface area contributed by atoms with Crippen LogP contribution in [0.15, 0.2) is 6.07 Å². The summed E-state index contributed by atoms with van der Waals surface area (Å²) in [5, 5.41) is 8.97. The Morgan fingerprint density at radius 3 is 3.05 bits per heavy atom. The molecule has 1 aliphatic rings. The number of aryl methyl sites for hydroxylation is 2. The molecule has 19 heavy (non-hydrogen) atoms. The van der Waals surface area contributed by atoms with E-state index in [1.54, 1.807) is 11.3 Å². The number of rotatable bonds is 5. The van der Waals surface area contributed by atoms with Gasteiger partial charge in [-0.1, -0.05) is 13.3 Å². The molecule has 0 bridgehead atoms. The Balaban J connectivity index is 2.02. The van der Waals surface area contributed by atoms with E-state index in [1.165, 1.54) is 10.4 Å². The quantitative estimate of drug-likeness (QED) is 0.901. The van der Waals surface area contributed by atoms with Crippen LogP contribution in [0.2, 0.25) is 0 Å². The van der Waals surface area contributed by atoms with E-state index >= 15 is 0 Å². The van der Waals surface area contributed by atoms with Gasteiger partial charge in [0.05, 0.1) is 4.88 Å². The first kappa shape index (κ1) is 14.5. The van der Waals surface area contributed by atoms with E-state index in [2.05, 4.69) is 19.9 Å². The number of hydrogen-bond acceptors (Lipinski definition) is 3. The van der Waals surface area contributed by atoms with Gasteiger partial charge in [0.15, 0.2) is 0 Å². The molecule has 0 aromatic carbocycles. The zero-order chi connectivity index (χ0) is 13.8. The van der Waals surface area contributed by atoms with Crippen molar-refractivity contribution in [3.8, 4) is 0 Å². The van der Waals surface area contributed by atoms with E-state index in [0.717, 1.165) is 43.6 Å². The summed E-state index contributed by atoms with van der Waals surface area (Å²) in [5.41, 5.74) is 1.32. The van der Waals surface area contributed by atoms with Crippen LogP contribution < -0.4 is 0 Å². The van der Waals surface area contributed by atoms with Crippen molar-refractivity contribution in [2.75, 3.05) is 19.7 Å². The molecule has 2 heterocycles. The Morgan fingerprint density at radius 1 is 1.58 bits per heavy atom. The average Bonchev–Trinajstić information content (AvgIpc) is 2.98. The van der Waals surface area contributed by atoms with Crippen molar-refractivity contribution < 1.29 is 9.90 Å². The molecular formula is C15H23NO2S. The molecular weight excluding hydrogens is 258 g/mol. The largest absolute Gasteiger partial charge is 0.396 e. The Labute approximate surface area is 119 Å². The number of nitrogens with zero attached hydrogens (tertiary/aromatic N) is 1.